The molecular formula is C20H28N2O5. The maximum Gasteiger partial charge on any atom is 0.354 e. The van der Waals surface area contributed by atoms with Crippen LogP contribution in [0.2, 0.25) is 0 Å². The van der Waals surface area contributed by atoms with Crippen molar-refractivity contribution in [2.45, 2.75) is 58.6 Å². The van der Waals surface area contributed by atoms with E-state index in [1.165, 1.54) is 7.11 Å². The first-order valence-corrected chi connectivity index (χ1v) is 9.58. The quantitative estimate of drug-likeness (QED) is 0.583. The van der Waals surface area contributed by atoms with Crippen molar-refractivity contribution in [3.8, 4) is 0 Å². The van der Waals surface area contributed by atoms with Crippen molar-refractivity contribution in [3.05, 3.63) is 22.5 Å². The largest absolute Gasteiger partial charge is 0.464 e. The number of esters is 1. The maximum absolute atomic E-state index is 13.3. The van der Waals surface area contributed by atoms with E-state index in [1.54, 1.807) is 25.7 Å². The van der Waals surface area contributed by atoms with Gasteiger partial charge in [-0.1, -0.05) is 0 Å². The van der Waals surface area contributed by atoms with Gasteiger partial charge in [-0.05, 0) is 52.0 Å². The van der Waals surface area contributed by atoms with E-state index in [1.807, 2.05) is 0 Å². The van der Waals surface area contributed by atoms with Gasteiger partial charge in [-0.2, -0.15) is 0 Å². The van der Waals surface area contributed by atoms with Gasteiger partial charge in [0.2, 0.25) is 5.91 Å². The Balaban J connectivity index is 1.85. The van der Waals surface area contributed by atoms with Gasteiger partial charge in [-0.15, -0.1) is 0 Å². The molecule has 3 rings (SSSR count). The van der Waals surface area contributed by atoms with Crippen molar-refractivity contribution in [1.29, 1.82) is 0 Å². The number of aromatic nitrogens is 1. The Morgan fingerprint density at radius 3 is 2.52 bits per heavy atom. The van der Waals surface area contributed by atoms with E-state index in [2.05, 4.69) is 4.98 Å². The van der Waals surface area contributed by atoms with Crippen LogP contribution in [-0.2, 0) is 14.3 Å². The molecule has 1 N–H and O–H groups in total. The molecule has 1 amide bonds. The first kappa shape index (κ1) is 19.6. The van der Waals surface area contributed by atoms with Crippen LogP contribution in [0.5, 0.6) is 0 Å². The summed E-state index contributed by atoms with van der Waals surface area (Å²) in [7, 11) is 1.31. The third kappa shape index (κ3) is 3.93. The average molecular weight is 376 g/mol. The number of ether oxygens (including phenoxy) is 2. The average Bonchev–Trinajstić information content (AvgIpc) is 3.30. The number of hydrogen-bond acceptors (Lipinski definition) is 5. The van der Waals surface area contributed by atoms with Crippen LogP contribution < -0.4 is 0 Å². The third-order valence-electron chi connectivity index (χ3n) is 5.55. The van der Waals surface area contributed by atoms with E-state index < -0.39 is 12.0 Å². The molecule has 2 fully saturated rings. The minimum absolute atomic E-state index is 0.0120. The molecule has 148 valence electrons. The molecule has 1 saturated heterocycles. The van der Waals surface area contributed by atoms with Crippen LogP contribution in [0.3, 0.4) is 0 Å². The fourth-order valence-corrected chi connectivity index (χ4v) is 3.79. The van der Waals surface area contributed by atoms with Gasteiger partial charge in [0.25, 0.3) is 0 Å². The van der Waals surface area contributed by atoms with Crippen molar-refractivity contribution in [2.75, 3.05) is 20.3 Å². The van der Waals surface area contributed by atoms with Gasteiger partial charge in [0, 0.05) is 30.3 Å². The second-order valence-electron chi connectivity index (χ2n) is 7.56. The number of nitrogens with zero attached hydrogens (tertiary/aromatic N) is 1. The third-order valence-corrected chi connectivity index (χ3v) is 5.55. The summed E-state index contributed by atoms with van der Waals surface area (Å²) in [4.78, 5) is 42.7. The van der Waals surface area contributed by atoms with E-state index in [9.17, 15) is 14.4 Å². The van der Waals surface area contributed by atoms with E-state index in [-0.39, 0.29) is 29.4 Å². The molecule has 1 saturated carbocycles. The van der Waals surface area contributed by atoms with Crippen LogP contribution in [0.15, 0.2) is 0 Å². The van der Waals surface area contributed by atoms with Crippen molar-refractivity contribution in [3.63, 3.8) is 0 Å². The first-order chi connectivity index (χ1) is 12.8. The SMILES string of the molecule is COC(=O)c1[nH]c(C)c(C(=O)[C@H](C)N(C[C@@H]2CCCO2)C(=O)C2CC2)c1C. The number of Topliss-reactive ketones (excluding diaryl/α,β-unsaturated/α-hetero) is 1. The first-order valence-electron chi connectivity index (χ1n) is 9.58. The number of hydrogen-bond donors (Lipinski definition) is 1. The fraction of sp³-hybridized carbons (Fsp3) is 0.650. The zero-order valence-electron chi connectivity index (χ0n) is 16.5. The molecule has 0 unspecified atom stereocenters. The highest BCUT2D eigenvalue weighted by Crippen LogP contribution is 2.33. The van der Waals surface area contributed by atoms with E-state index in [0.29, 0.717) is 30.0 Å². The Kier molecular flexibility index (Phi) is 5.69. The molecular weight excluding hydrogens is 348 g/mol. The van der Waals surface area contributed by atoms with Crippen molar-refractivity contribution < 1.29 is 23.9 Å². The summed E-state index contributed by atoms with van der Waals surface area (Å²) >= 11 is 0. The van der Waals surface area contributed by atoms with Crippen LogP contribution >= 0.6 is 0 Å². The van der Waals surface area contributed by atoms with Crippen molar-refractivity contribution in [1.82, 2.24) is 9.88 Å². The summed E-state index contributed by atoms with van der Waals surface area (Å²) in [6.45, 7) is 6.39. The fourth-order valence-electron chi connectivity index (χ4n) is 3.79. The maximum atomic E-state index is 13.3. The summed E-state index contributed by atoms with van der Waals surface area (Å²) < 4.78 is 10.5. The Labute approximate surface area is 159 Å². The Morgan fingerprint density at radius 1 is 1.26 bits per heavy atom. The number of carbonyl (C=O) groups excluding carboxylic acids is 3. The molecule has 7 nitrogen and oxygen atoms in total. The Bertz CT molecular complexity index is 744. The number of carbonyl (C=O) groups is 3. The molecule has 1 aromatic heterocycles. The Morgan fingerprint density at radius 2 is 1.96 bits per heavy atom. The zero-order valence-corrected chi connectivity index (χ0v) is 16.5. The predicted octanol–water partition coefficient (Wildman–Crippen LogP) is 2.41. The topological polar surface area (TPSA) is 88.7 Å². The summed E-state index contributed by atoms with van der Waals surface area (Å²) in [6, 6.07) is -0.610. The minimum Gasteiger partial charge on any atom is -0.464 e. The van der Waals surface area contributed by atoms with Crippen LogP contribution in [0.4, 0.5) is 0 Å². The molecule has 0 radical (unpaired) electrons. The normalized spacial score (nSPS) is 20.4. The van der Waals surface area contributed by atoms with Crippen LogP contribution in [0.1, 0.15) is 64.7 Å². The van der Waals surface area contributed by atoms with Gasteiger partial charge in [-0.3, -0.25) is 9.59 Å². The standard InChI is InChI=1S/C20H28N2O5/c1-11-16(12(2)21-17(11)20(25)26-4)18(23)13(3)22(19(24)14-7-8-14)10-15-6-5-9-27-15/h13-15,21H,5-10H2,1-4H3/t13-,15-/m0/s1. The smallest absolute Gasteiger partial charge is 0.354 e. The number of nitrogens with one attached hydrogen (secondary N) is 1. The lowest BCUT2D eigenvalue weighted by atomic mass is 9.99. The second kappa shape index (κ2) is 7.84. The number of amides is 1. The van der Waals surface area contributed by atoms with Gasteiger partial charge in [0.15, 0.2) is 5.78 Å². The molecule has 0 spiro atoms. The molecule has 7 heteroatoms. The molecule has 2 aliphatic rings. The number of ketones is 1. The number of rotatable bonds is 7. The van der Waals surface area contributed by atoms with Gasteiger partial charge < -0.3 is 19.4 Å². The van der Waals surface area contributed by atoms with E-state index in [4.69, 9.17) is 9.47 Å². The number of H-pyrrole nitrogens is 1. The molecule has 1 aromatic rings. The van der Waals surface area contributed by atoms with Crippen molar-refractivity contribution >= 4 is 17.7 Å². The lowest BCUT2D eigenvalue weighted by Gasteiger charge is -2.31. The summed E-state index contributed by atoms with van der Waals surface area (Å²) in [6.07, 6.45) is 3.65. The summed E-state index contributed by atoms with van der Waals surface area (Å²) in [5.41, 5.74) is 1.92. The molecule has 1 aliphatic carbocycles. The molecule has 0 aromatic carbocycles. The van der Waals surface area contributed by atoms with Gasteiger partial charge >= 0.3 is 5.97 Å². The highest BCUT2D eigenvalue weighted by Gasteiger charge is 2.39. The highest BCUT2D eigenvalue weighted by atomic mass is 16.5. The van der Waals surface area contributed by atoms with Crippen LogP contribution in [-0.4, -0.2) is 60.0 Å². The molecule has 1 aliphatic heterocycles. The number of aromatic amines is 1. The second-order valence-corrected chi connectivity index (χ2v) is 7.56. The lowest BCUT2D eigenvalue weighted by molar-refractivity contribution is -0.135. The van der Waals surface area contributed by atoms with Crippen LogP contribution in [0, 0.1) is 19.8 Å². The van der Waals surface area contributed by atoms with Crippen molar-refractivity contribution in [2.24, 2.45) is 5.92 Å². The molecule has 2 atom stereocenters. The lowest BCUT2D eigenvalue weighted by Crippen LogP contribution is -2.47. The summed E-state index contributed by atoms with van der Waals surface area (Å²) in [5.74, 6) is -0.609. The molecule has 0 bridgehead atoms. The number of aryl methyl sites for hydroxylation is 1. The van der Waals surface area contributed by atoms with Gasteiger partial charge in [0.1, 0.15) is 5.69 Å². The molecule has 27 heavy (non-hydrogen) atoms. The van der Waals surface area contributed by atoms with E-state index in [0.717, 1.165) is 25.7 Å². The molecule has 2 heterocycles. The predicted molar refractivity (Wildman–Crippen MR) is 98.8 cm³/mol. The monoisotopic (exact) mass is 376 g/mol. The zero-order chi connectivity index (χ0) is 19.7. The van der Waals surface area contributed by atoms with E-state index >= 15 is 0 Å². The number of methoxy groups -OCH3 is 1. The minimum atomic E-state index is -0.610. The van der Waals surface area contributed by atoms with Crippen LogP contribution in [0.25, 0.3) is 0 Å². The summed E-state index contributed by atoms with van der Waals surface area (Å²) in [5, 5.41) is 0. The highest BCUT2D eigenvalue weighted by molar-refractivity contribution is 6.06. The Hall–Kier alpha value is -2.15. The van der Waals surface area contributed by atoms with Gasteiger partial charge in [0.05, 0.1) is 19.3 Å². The van der Waals surface area contributed by atoms with Gasteiger partial charge in [-0.25, -0.2) is 4.79 Å².